The molecule has 1 unspecified atom stereocenters. The highest BCUT2D eigenvalue weighted by molar-refractivity contribution is 6.78. The summed E-state index contributed by atoms with van der Waals surface area (Å²) in [6, 6.07) is 6.92. The summed E-state index contributed by atoms with van der Waals surface area (Å²) >= 11 is 0. The van der Waals surface area contributed by atoms with Crippen LogP contribution in [0, 0.1) is 17.7 Å². The maximum absolute atomic E-state index is 13.3. The lowest BCUT2D eigenvalue weighted by atomic mass is 10.1. The van der Waals surface area contributed by atoms with Crippen molar-refractivity contribution in [2.45, 2.75) is 51.4 Å². The summed E-state index contributed by atoms with van der Waals surface area (Å²) in [4.78, 5) is 0. The van der Waals surface area contributed by atoms with Crippen molar-refractivity contribution in [3.05, 3.63) is 35.6 Å². The van der Waals surface area contributed by atoms with E-state index in [-0.39, 0.29) is 11.4 Å². The molecule has 0 spiro atoms. The van der Waals surface area contributed by atoms with Crippen LogP contribution in [0.4, 0.5) is 4.39 Å². The Morgan fingerprint density at radius 3 is 2.56 bits per heavy atom. The van der Waals surface area contributed by atoms with Crippen molar-refractivity contribution in [1.29, 1.82) is 0 Å². The topological polar surface area (TPSA) is 0 Å². The van der Waals surface area contributed by atoms with Gasteiger partial charge in [0.25, 0.3) is 0 Å². The van der Waals surface area contributed by atoms with E-state index >= 15 is 0 Å². The summed E-state index contributed by atoms with van der Waals surface area (Å²) in [5.74, 6) is 6.50. The van der Waals surface area contributed by atoms with Gasteiger partial charge in [-0.25, -0.2) is 4.39 Å². The zero-order valence-corrected chi connectivity index (χ0v) is 12.9. The maximum Gasteiger partial charge on any atom is 0.123 e. The van der Waals surface area contributed by atoms with Gasteiger partial charge in [0.1, 0.15) is 5.82 Å². The van der Waals surface area contributed by atoms with Crippen LogP contribution in [0.2, 0.25) is 19.6 Å². The van der Waals surface area contributed by atoms with Crippen molar-refractivity contribution in [3.63, 3.8) is 0 Å². The van der Waals surface area contributed by atoms with Crippen LogP contribution in [0.3, 0.4) is 0 Å². The molecule has 98 valence electrons. The van der Waals surface area contributed by atoms with E-state index in [9.17, 15) is 4.39 Å². The standard InChI is InChI=1S/C16H23FSi/c1-5-6-7-8-12-16(18(2,3)4)14-10-9-11-15(17)13-14/h9-11,13,16H,5-7H2,1-4H3. The van der Waals surface area contributed by atoms with Crippen molar-refractivity contribution in [3.8, 4) is 11.8 Å². The first kappa shape index (κ1) is 15.0. The normalized spacial score (nSPS) is 12.7. The SMILES string of the molecule is CCCCC#CC(c1cccc(F)c1)[Si](C)(C)C. The molecule has 0 heterocycles. The van der Waals surface area contributed by atoms with E-state index in [2.05, 4.69) is 38.4 Å². The van der Waals surface area contributed by atoms with Crippen LogP contribution in [-0.4, -0.2) is 8.07 Å². The molecule has 0 aliphatic heterocycles. The second-order valence-corrected chi connectivity index (χ2v) is 11.1. The second-order valence-electron chi connectivity index (χ2n) is 5.78. The molecule has 0 bridgehead atoms. The van der Waals surface area contributed by atoms with E-state index in [0.717, 1.165) is 18.4 Å². The molecule has 0 fully saturated rings. The van der Waals surface area contributed by atoms with Gasteiger partial charge in [-0.3, -0.25) is 0 Å². The zero-order valence-electron chi connectivity index (χ0n) is 11.9. The fraction of sp³-hybridized carbons (Fsp3) is 0.500. The largest absolute Gasteiger partial charge is 0.207 e. The molecule has 0 saturated carbocycles. The molecule has 1 atom stereocenters. The fourth-order valence-electron chi connectivity index (χ4n) is 1.93. The van der Waals surface area contributed by atoms with E-state index in [1.54, 1.807) is 12.1 Å². The minimum Gasteiger partial charge on any atom is -0.207 e. The molecule has 1 aromatic rings. The average Bonchev–Trinajstić information content (AvgIpc) is 2.27. The van der Waals surface area contributed by atoms with E-state index in [1.165, 1.54) is 12.5 Å². The van der Waals surface area contributed by atoms with Crippen LogP contribution in [0.5, 0.6) is 0 Å². The van der Waals surface area contributed by atoms with Gasteiger partial charge < -0.3 is 0 Å². The van der Waals surface area contributed by atoms with Gasteiger partial charge >= 0.3 is 0 Å². The lowest BCUT2D eigenvalue weighted by Crippen LogP contribution is -2.30. The van der Waals surface area contributed by atoms with Crippen LogP contribution >= 0.6 is 0 Å². The Balaban J connectivity index is 2.95. The first-order valence-electron chi connectivity index (χ1n) is 6.69. The van der Waals surface area contributed by atoms with Crippen molar-refractivity contribution in [2.75, 3.05) is 0 Å². The van der Waals surface area contributed by atoms with Gasteiger partial charge in [-0.05, 0) is 24.1 Å². The molecule has 0 radical (unpaired) electrons. The molecule has 0 nitrogen and oxygen atoms in total. The zero-order chi connectivity index (χ0) is 13.6. The predicted octanol–water partition coefficient (Wildman–Crippen LogP) is 4.98. The summed E-state index contributed by atoms with van der Waals surface area (Å²) in [5, 5.41) is 0. The van der Waals surface area contributed by atoms with E-state index in [1.807, 2.05) is 6.07 Å². The van der Waals surface area contributed by atoms with Gasteiger partial charge in [-0.2, -0.15) is 0 Å². The lowest BCUT2D eigenvalue weighted by molar-refractivity contribution is 0.626. The number of rotatable bonds is 4. The first-order chi connectivity index (χ1) is 8.45. The predicted molar refractivity (Wildman–Crippen MR) is 79.8 cm³/mol. The summed E-state index contributed by atoms with van der Waals surface area (Å²) in [7, 11) is -1.45. The van der Waals surface area contributed by atoms with Gasteiger partial charge in [0, 0.05) is 12.0 Å². The molecule has 1 rings (SSSR count). The summed E-state index contributed by atoms with van der Waals surface area (Å²) < 4.78 is 13.3. The van der Waals surface area contributed by atoms with Gasteiger partial charge in [-0.1, -0.05) is 51.0 Å². The Morgan fingerprint density at radius 2 is 2.00 bits per heavy atom. The van der Waals surface area contributed by atoms with Crippen molar-refractivity contribution < 1.29 is 4.39 Å². The Hall–Kier alpha value is -1.07. The maximum atomic E-state index is 13.3. The number of hydrogen-bond donors (Lipinski definition) is 0. The molecule has 18 heavy (non-hydrogen) atoms. The molecule has 1 aromatic carbocycles. The number of hydrogen-bond acceptors (Lipinski definition) is 0. The van der Waals surface area contributed by atoms with Gasteiger partial charge in [0.05, 0.1) is 8.07 Å². The third kappa shape index (κ3) is 4.66. The molecule has 0 aliphatic carbocycles. The van der Waals surface area contributed by atoms with Crippen LogP contribution in [0.15, 0.2) is 24.3 Å². The molecule has 0 aromatic heterocycles. The second kappa shape index (κ2) is 6.75. The van der Waals surface area contributed by atoms with Crippen LogP contribution in [-0.2, 0) is 0 Å². The Kier molecular flexibility index (Phi) is 5.62. The summed E-state index contributed by atoms with van der Waals surface area (Å²) in [5.41, 5.74) is 1.27. The fourth-order valence-corrected chi connectivity index (χ4v) is 3.64. The number of benzene rings is 1. The van der Waals surface area contributed by atoms with E-state index in [0.29, 0.717) is 0 Å². The number of unbranched alkanes of at least 4 members (excludes halogenated alkanes) is 2. The highest BCUT2D eigenvalue weighted by atomic mass is 28.3. The Morgan fingerprint density at radius 1 is 1.28 bits per heavy atom. The third-order valence-electron chi connectivity index (χ3n) is 2.95. The molecular formula is C16H23FSi. The Labute approximate surface area is 112 Å². The summed E-state index contributed by atoms with van der Waals surface area (Å²) in [6.07, 6.45) is 3.27. The third-order valence-corrected chi connectivity index (χ3v) is 5.16. The first-order valence-corrected chi connectivity index (χ1v) is 10.3. The van der Waals surface area contributed by atoms with E-state index in [4.69, 9.17) is 0 Å². The highest BCUT2D eigenvalue weighted by Gasteiger charge is 2.26. The van der Waals surface area contributed by atoms with Gasteiger partial charge in [0.2, 0.25) is 0 Å². The highest BCUT2D eigenvalue weighted by Crippen LogP contribution is 2.26. The van der Waals surface area contributed by atoms with Crippen LogP contribution in [0.1, 0.15) is 37.3 Å². The molecule has 0 N–H and O–H groups in total. The minimum atomic E-state index is -1.45. The van der Waals surface area contributed by atoms with Crippen molar-refractivity contribution in [2.24, 2.45) is 0 Å². The molecule has 2 heteroatoms. The quantitative estimate of drug-likeness (QED) is 0.408. The Bertz CT molecular complexity index is 434. The number of halogens is 1. The van der Waals surface area contributed by atoms with Gasteiger partial charge in [-0.15, -0.1) is 5.92 Å². The minimum absolute atomic E-state index is 0.161. The monoisotopic (exact) mass is 262 g/mol. The van der Waals surface area contributed by atoms with Crippen LogP contribution < -0.4 is 0 Å². The molecule has 0 saturated heterocycles. The smallest absolute Gasteiger partial charge is 0.123 e. The van der Waals surface area contributed by atoms with Gasteiger partial charge in [0.15, 0.2) is 0 Å². The molecule has 0 aliphatic rings. The van der Waals surface area contributed by atoms with Crippen molar-refractivity contribution in [1.82, 2.24) is 0 Å². The lowest BCUT2D eigenvalue weighted by Gasteiger charge is -2.24. The average molecular weight is 262 g/mol. The van der Waals surface area contributed by atoms with E-state index < -0.39 is 8.07 Å². The van der Waals surface area contributed by atoms with Crippen molar-refractivity contribution >= 4 is 8.07 Å². The molecular weight excluding hydrogens is 239 g/mol. The van der Waals surface area contributed by atoms with Crippen LogP contribution in [0.25, 0.3) is 0 Å². The molecule has 0 amide bonds. The summed E-state index contributed by atoms with van der Waals surface area (Å²) in [6.45, 7) is 9.04.